The Labute approximate surface area is 107 Å². The summed E-state index contributed by atoms with van der Waals surface area (Å²) in [7, 11) is 0. The van der Waals surface area contributed by atoms with E-state index in [9.17, 15) is 5.11 Å². The molecule has 4 heteroatoms. The molecule has 0 saturated carbocycles. The summed E-state index contributed by atoms with van der Waals surface area (Å²) in [6.07, 6.45) is 5.17. The molecule has 96 valence electrons. The molecule has 0 amide bonds. The first-order valence-electron chi connectivity index (χ1n) is 6.36. The Morgan fingerprint density at radius 1 is 1.50 bits per heavy atom. The smallest absolute Gasteiger partial charge is 0.0835 e. The highest BCUT2D eigenvalue weighted by atomic mass is 16.3. The van der Waals surface area contributed by atoms with Crippen LogP contribution >= 0.6 is 0 Å². The number of aliphatic hydroxyl groups excluding tert-OH is 1. The summed E-state index contributed by atoms with van der Waals surface area (Å²) in [5.74, 6) is 0. The Bertz CT molecular complexity index is 566. The Balaban J connectivity index is 2.18. The third-order valence-electron chi connectivity index (χ3n) is 3.81. The van der Waals surface area contributed by atoms with E-state index in [0.29, 0.717) is 0 Å². The fourth-order valence-corrected chi connectivity index (χ4v) is 3.07. The van der Waals surface area contributed by atoms with Crippen molar-refractivity contribution < 1.29 is 5.11 Å². The number of aliphatic hydroxyl groups is 1. The van der Waals surface area contributed by atoms with Crippen LogP contribution in [0.5, 0.6) is 0 Å². The molecule has 0 aromatic carbocycles. The molecule has 0 saturated heterocycles. The normalized spacial score (nSPS) is 21.9. The number of rotatable bonds is 1. The summed E-state index contributed by atoms with van der Waals surface area (Å²) in [5.41, 5.74) is 4.63. The van der Waals surface area contributed by atoms with Crippen molar-refractivity contribution in [3.05, 3.63) is 35.4 Å². The number of hydrogen-bond acceptors (Lipinski definition) is 2. The molecule has 0 bridgehead atoms. The van der Waals surface area contributed by atoms with Crippen molar-refractivity contribution in [2.45, 2.75) is 39.7 Å². The minimum absolute atomic E-state index is 0.138. The fourth-order valence-electron chi connectivity index (χ4n) is 3.07. The van der Waals surface area contributed by atoms with Crippen LogP contribution in [0, 0.1) is 12.3 Å². The highest BCUT2D eigenvalue weighted by Gasteiger charge is 2.34. The minimum Gasteiger partial charge on any atom is -0.388 e. The number of aromatic amines is 1. The summed E-state index contributed by atoms with van der Waals surface area (Å²) in [5, 5.41) is 17.2. The van der Waals surface area contributed by atoms with Crippen molar-refractivity contribution in [2.75, 3.05) is 0 Å². The zero-order valence-electron chi connectivity index (χ0n) is 11.1. The van der Waals surface area contributed by atoms with Crippen LogP contribution in [-0.4, -0.2) is 19.9 Å². The number of nitrogens with zero attached hydrogens (tertiary/aromatic N) is 2. The van der Waals surface area contributed by atoms with E-state index in [1.807, 2.05) is 12.4 Å². The molecule has 1 aliphatic carbocycles. The molecule has 2 aromatic heterocycles. The fraction of sp³-hybridized carbons (Fsp3) is 0.500. The van der Waals surface area contributed by atoms with E-state index >= 15 is 0 Å². The van der Waals surface area contributed by atoms with Crippen LogP contribution in [0.25, 0.3) is 5.69 Å². The first kappa shape index (κ1) is 11.5. The summed E-state index contributed by atoms with van der Waals surface area (Å²) < 4.78 is 2.20. The van der Waals surface area contributed by atoms with Crippen molar-refractivity contribution in [2.24, 2.45) is 5.41 Å². The topological polar surface area (TPSA) is 53.8 Å². The number of nitrogens with one attached hydrogen (secondary N) is 1. The molecule has 4 nitrogen and oxygen atoms in total. The predicted octanol–water partition coefficient (Wildman–Crippen LogP) is 2.51. The van der Waals surface area contributed by atoms with E-state index in [2.05, 4.69) is 41.6 Å². The molecule has 1 aliphatic rings. The van der Waals surface area contributed by atoms with Crippen LogP contribution in [0.2, 0.25) is 0 Å². The third-order valence-corrected chi connectivity index (χ3v) is 3.81. The lowest BCUT2D eigenvalue weighted by Crippen LogP contribution is -2.26. The van der Waals surface area contributed by atoms with Crippen molar-refractivity contribution in [1.82, 2.24) is 14.8 Å². The van der Waals surface area contributed by atoms with Crippen LogP contribution in [0.3, 0.4) is 0 Å². The monoisotopic (exact) mass is 245 g/mol. The summed E-state index contributed by atoms with van der Waals surface area (Å²) in [6.45, 7) is 6.49. The van der Waals surface area contributed by atoms with E-state index < -0.39 is 0 Å². The zero-order valence-corrected chi connectivity index (χ0v) is 11.1. The van der Waals surface area contributed by atoms with Gasteiger partial charge in [-0.1, -0.05) is 13.8 Å². The van der Waals surface area contributed by atoms with Gasteiger partial charge in [0.15, 0.2) is 0 Å². The maximum atomic E-state index is 10.3. The minimum atomic E-state index is -0.351. The number of H-pyrrole nitrogens is 1. The maximum Gasteiger partial charge on any atom is 0.0835 e. The van der Waals surface area contributed by atoms with E-state index in [4.69, 9.17) is 0 Å². The second-order valence-electron chi connectivity index (χ2n) is 6.04. The molecule has 2 aromatic rings. The molecular weight excluding hydrogens is 226 g/mol. The van der Waals surface area contributed by atoms with Gasteiger partial charge in [0, 0.05) is 23.1 Å². The Morgan fingerprint density at radius 2 is 2.28 bits per heavy atom. The zero-order chi connectivity index (χ0) is 12.9. The van der Waals surface area contributed by atoms with Crippen molar-refractivity contribution >= 4 is 0 Å². The van der Waals surface area contributed by atoms with E-state index in [-0.39, 0.29) is 11.5 Å². The molecule has 0 aliphatic heterocycles. The van der Waals surface area contributed by atoms with Gasteiger partial charge in [0.25, 0.3) is 0 Å². The van der Waals surface area contributed by atoms with Crippen molar-refractivity contribution in [1.29, 1.82) is 0 Å². The van der Waals surface area contributed by atoms with Gasteiger partial charge in [0.2, 0.25) is 0 Å². The van der Waals surface area contributed by atoms with Crippen LogP contribution in [0.4, 0.5) is 0 Å². The van der Waals surface area contributed by atoms with Gasteiger partial charge < -0.3 is 9.67 Å². The molecule has 18 heavy (non-hydrogen) atoms. The second kappa shape index (κ2) is 3.72. The Morgan fingerprint density at radius 3 is 2.94 bits per heavy atom. The molecule has 0 radical (unpaired) electrons. The average Bonchev–Trinajstić information content (AvgIpc) is 2.83. The molecule has 0 spiro atoms. The van der Waals surface area contributed by atoms with E-state index in [0.717, 1.165) is 29.8 Å². The van der Waals surface area contributed by atoms with Gasteiger partial charge in [0.1, 0.15) is 0 Å². The molecule has 1 unspecified atom stereocenters. The lowest BCUT2D eigenvalue weighted by atomic mass is 9.75. The van der Waals surface area contributed by atoms with Crippen LogP contribution in [-0.2, 0) is 6.42 Å². The second-order valence-corrected chi connectivity index (χ2v) is 6.04. The third kappa shape index (κ3) is 1.68. The number of fused-ring (bicyclic) bond motifs is 1. The Kier molecular flexibility index (Phi) is 2.38. The molecule has 2 N–H and O–H groups in total. The summed E-state index contributed by atoms with van der Waals surface area (Å²) in [6, 6.07) is 2.10. The van der Waals surface area contributed by atoms with Gasteiger partial charge in [-0.05, 0) is 31.2 Å². The SMILES string of the molecule is Cc1cc2c(n1-c1cn[nH]c1)CC(C)(C)CC2O. The van der Waals surface area contributed by atoms with Crippen LogP contribution < -0.4 is 0 Å². The van der Waals surface area contributed by atoms with Gasteiger partial charge in [-0.15, -0.1) is 0 Å². The van der Waals surface area contributed by atoms with Gasteiger partial charge in [-0.25, -0.2) is 0 Å². The number of aryl methyl sites for hydroxylation is 1. The van der Waals surface area contributed by atoms with Gasteiger partial charge in [-0.3, -0.25) is 5.10 Å². The lowest BCUT2D eigenvalue weighted by Gasteiger charge is -2.33. The highest BCUT2D eigenvalue weighted by Crippen LogP contribution is 2.42. The molecular formula is C14H19N3O. The summed E-state index contributed by atoms with van der Waals surface area (Å²) in [4.78, 5) is 0. The highest BCUT2D eigenvalue weighted by molar-refractivity contribution is 5.41. The van der Waals surface area contributed by atoms with Gasteiger partial charge in [-0.2, -0.15) is 5.10 Å². The standard InChI is InChI=1S/C14H19N3O/c1-9-4-11-12(5-14(2,3)6-13(11)18)17(9)10-7-15-16-8-10/h4,7-8,13,18H,5-6H2,1-3H3,(H,15,16). The van der Waals surface area contributed by atoms with Crippen LogP contribution in [0.15, 0.2) is 18.5 Å². The number of hydrogen-bond donors (Lipinski definition) is 2. The Hall–Kier alpha value is -1.55. The molecule has 1 atom stereocenters. The first-order valence-corrected chi connectivity index (χ1v) is 6.36. The summed E-state index contributed by atoms with van der Waals surface area (Å²) >= 11 is 0. The predicted molar refractivity (Wildman–Crippen MR) is 69.7 cm³/mol. The van der Waals surface area contributed by atoms with Gasteiger partial charge in [0.05, 0.1) is 18.0 Å². The number of aromatic nitrogens is 3. The van der Waals surface area contributed by atoms with Crippen molar-refractivity contribution in [3.63, 3.8) is 0 Å². The molecule has 0 fully saturated rings. The maximum absolute atomic E-state index is 10.3. The lowest BCUT2D eigenvalue weighted by molar-refractivity contribution is 0.0987. The largest absolute Gasteiger partial charge is 0.388 e. The van der Waals surface area contributed by atoms with Crippen molar-refractivity contribution in [3.8, 4) is 5.69 Å². The van der Waals surface area contributed by atoms with Gasteiger partial charge >= 0.3 is 0 Å². The average molecular weight is 245 g/mol. The quantitative estimate of drug-likeness (QED) is 0.811. The molecule has 3 rings (SSSR count). The van der Waals surface area contributed by atoms with Crippen LogP contribution in [0.1, 0.15) is 43.3 Å². The molecule has 2 heterocycles. The van der Waals surface area contributed by atoms with E-state index in [1.54, 1.807) is 0 Å². The first-order chi connectivity index (χ1) is 8.48. The van der Waals surface area contributed by atoms with E-state index in [1.165, 1.54) is 5.69 Å².